The molecule has 2 N–H and O–H groups in total. The molecular weight excluding hydrogens is 424 g/mol. The van der Waals surface area contributed by atoms with Gasteiger partial charge in [0.15, 0.2) is 17.1 Å². The van der Waals surface area contributed by atoms with Crippen LogP contribution in [0.25, 0.3) is 33.6 Å². The zero-order valence-electron chi connectivity index (χ0n) is 19.0. The molecule has 0 atom stereocenters. The summed E-state index contributed by atoms with van der Waals surface area (Å²) in [6.07, 6.45) is 1.74. The number of aromatic nitrogens is 1. The summed E-state index contributed by atoms with van der Waals surface area (Å²) in [5.74, 6) is 3.57. The van der Waals surface area contributed by atoms with Gasteiger partial charge >= 0.3 is 0 Å². The molecule has 0 aliphatic rings. The second-order valence-electron chi connectivity index (χ2n) is 7.10. The van der Waals surface area contributed by atoms with Gasteiger partial charge in [0.1, 0.15) is 29.4 Å². The van der Waals surface area contributed by atoms with Gasteiger partial charge < -0.3 is 33.8 Å². The predicted molar refractivity (Wildman–Crippen MR) is 126 cm³/mol. The lowest BCUT2D eigenvalue weighted by Crippen LogP contribution is -2.10. The molecule has 4 rings (SSSR count). The zero-order chi connectivity index (χ0) is 23.4. The Balaban J connectivity index is 1.86. The summed E-state index contributed by atoms with van der Waals surface area (Å²) in [5.41, 5.74) is 9.31. The second kappa shape index (κ2) is 9.70. The second-order valence-corrected chi connectivity index (χ2v) is 7.10. The molecule has 0 saturated heterocycles. The minimum Gasteiger partial charge on any atom is -0.496 e. The maximum absolute atomic E-state index is 6.30. The number of pyridine rings is 1. The molecule has 0 spiro atoms. The number of nitrogens with zero attached hydrogens (tertiary/aromatic N) is 1. The molecule has 8 nitrogen and oxygen atoms in total. The summed E-state index contributed by atoms with van der Waals surface area (Å²) >= 11 is 0. The fraction of sp³-hybridized carbons (Fsp3) is 0.240. The van der Waals surface area contributed by atoms with Gasteiger partial charge in [0.05, 0.1) is 28.4 Å². The first-order valence-corrected chi connectivity index (χ1v) is 10.3. The summed E-state index contributed by atoms with van der Waals surface area (Å²) in [5, 5.41) is 0. The summed E-state index contributed by atoms with van der Waals surface area (Å²) in [4.78, 5) is 4.49. The zero-order valence-corrected chi connectivity index (χ0v) is 19.0. The van der Waals surface area contributed by atoms with Crippen LogP contribution in [0.15, 0.2) is 53.1 Å². The van der Waals surface area contributed by atoms with E-state index in [9.17, 15) is 0 Å². The highest BCUT2D eigenvalue weighted by Gasteiger charge is 2.19. The highest BCUT2D eigenvalue weighted by atomic mass is 16.5. The Hall–Kier alpha value is -3.91. The monoisotopic (exact) mass is 450 g/mol. The van der Waals surface area contributed by atoms with Crippen molar-refractivity contribution in [2.24, 2.45) is 5.73 Å². The third-order valence-electron chi connectivity index (χ3n) is 5.21. The molecule has 0 unspecified atom stereocenters. The summed E-state index contributed by atoms with van der Waals surface area (Å²) < 4.78 is 34.0. The first-order valence-electron chi connectivity index (χ1n) is 10.3. The molecule has 0 radical (unpaired) electrons. The van der Waals surface area contributed by atoms with Crippen LogP contribution in [0.3, 0.4) is 0 Å². The van der Waals surface area contributed by atoms with Crippen LogP contribution in [-0.2, 0) is 0 Å². The van der Waals surface area contributed by atoms with Crippen LogP contribution in [0.1, 0.15) is 0 Å². The van der Waals surface area contributed by atoms with Crippen molar-refractivity contribution in [1.82, 2.24) is 4.98 Å². The van der Waals surface area contributed by atoms with Gasteiger partial charge in [-0.15, -0.1) is 0 Å². The predicted octanol–water partition coefficient (Wildman–Crippen LogP) is 4.53. The maximum Gasteiger partial charge on any atom is 0.203 e. The van der Waals surface area contributed by atoms with Gasteiger partial charge in [-0.3, -0.25) is 4.98 Å². The first kappa shape index (κ1) is 22.3. The van der Waals surface area contributed by atoms with E-state index in [0.29, 0.717) is 58.8 Å². The Bertz CT molecular complexity index is 1240. The van der Waals surface area contributed by atoms with Gasteiger partial charge in [-0.2, -0.15) is 0 Å². The van der Waals surface area contributed by atoms with E-state index in [1.54, 1.807) is 34.6 Å². The SMILES string of the molecule is COc1ccc(OCCN)cc1-c1ccnc2cc(-c3cc(OC)c(OC)c(OC)c3)oc12. The molecule has 0 aliphatic heterocycles. The van der Waals surface area contributed by atoms with E-state index in [1.807, 2.05) is 42.5 Å². The number of fused-ring (bicyclic) bond motifs is 1. The van der Waals surface area contributed by atoms with Gasteiger partial charge in [0, 0.05) is 35.5 Å². The fourth-order valence-corrected chi connectivity index (χ4v) is 3.68. The van der Waals surface area contributed by atoms with Crippen molar-refractivity contribution in [2.75, 3.05) is 41.6 Å². The Morgan fingerprint density at radius 2 is 1.55 bits per heavy atom. The molecule has 0 amide bonds. The van der Waals surface area contributed by atoms with Gasteiger partial charge in [-0.25, -0.2) is 0 Å². The van der Waals surface area contributed by atoms with Crippen LogP contribution in [0.2, 0.25) is 0 Å². The van der Waals surface area contributed by atoms with E-state index in [1.165, 1.54) is 0 Å². The first-order chi connectivity index (χ1) is 16.1. The number of methoxy groups -OCH3 is 4. The molecule has 33 heavy (non-hydrogen) atoms. The smallest absolute Gasteiger partial charge is 0.203 e. The molecule has 2 aromatic heterocycles. The van der Waals surface area contributed by atoms with Crippen molar-refractivity contribution in [3.63, 3.8) is 0 Å². The number of rotatable bonds is 9. The number of benzene rings is 2. The van der Waals surface area contributed by atoms with Crippen LogP contribution < -0.4 is 29.4 Å². The Labute approximate surface area is 191 Å². The molecule has 2 heterocycles. The van der Waals surface area contributed by atoms with Crippen molar-refractivity contribution in [2.45, 2.75) is 0 Å². The van der Waals surface area contributed by atoms with Gasteiger partial charge in [-0.05, 0) is 36.4 Å². The number of furan rings is 1. The van der Waals surface area contributed by atoms with E-state index in [2.05, 4.69) is 4.98 Å². The average molecular weight is 450 g/mol. The molecule has 172 valence electrons. The van der Waals surface area contributed by atoms with Crippen LogP contribution in [0.5, 0.6) is 28.7 Å². The highest BCUT2D eigenvalue weighted by Crippen LogP contribution is 2.43. The number of ether oxygens (including phenoxy) is 5. The maximum atomic E-state index is 6.30. The molecule has 0 fully saturated rings. The van der Waals surface area contributed by atoms with Crippen LogP contribution >= 0.6 is 0 Å². The standard InChI is InChI=1S/C25H26N2O6/c1-28-20-6-5-16(32-10-8-26)13-18(20)17-7-9-27-19-14-21(33-24(17)19)15-11-22(29-2)25(31-4)23(12-15)30-3/h5-7,9,11-14H,8,10,26H2,1-4H3. The quantitative estimate of drug-likeness (QED) is 0.397. The molecule has 4 aromatic rings. The minimum atomic E-state index is 0.420. The normalized spacial score (nSPS) is 10.8. The molecule has 2 aromatic carbocycles. The number of hydrogen-bond donors (Lipinski definition) is 1. The number of nitrogens with two attached hydrogens (primary N) is 1. The van der Waals surface area contributed by atoms with Crippen molar-refractivity contribution < 1.29 is 28.1 Å². The Kier molecular flexibility index (Phi) is 6.55. The van der Waals surface area contributed by atoms with E-state index in [-0.39, 0.29) is 0 Å². The summed E-state index contributed by atoms with van der Waals surface area (Å²) in [7, 11) is 6.34. The summed E-state index contributed by atoms with van der Waals surface area (Å²) in [6.45, 7) is 0.848. The summed E-state index contributed by atoms with van der Waals surface area (Å²) in [6, 6.07) is 13.0. The molecule has 0 aliphatic carbocycles. The van der Waals surface area contributed by atoms with E-state index in [4.69, 9.17) is 33.8 Å². The minimum absolute atomic E-state index is 0.420. The van der Waals surface area contributed by atoms with Crippen molar-refractivity contribution in [1.29, 1.82) is 0 Å². The van der Waals surface area contributed by atoms with E-state index < -0.39 is 0 Å². The van der Waals surface area contributed by atoms with E-state index in [0.717, 1.165) is 16.7 Å². The van der Waals surface area contributed by atoms with Crippen molar-refractivity contribution >= 4 is 11.1 Å². The van der Waals surface area contributed by atoms with Crippen molar-refractivity contribution in [3.05, 3.63) is 48.7 Å². The largest absolute Gasteiger partial charge is 0.496 e. The molecule has 0 bridgehead atoms. The molecule has 0 saturated carbocycles. The van der Waals surface area contributed by atoms with Gasteiger partial charge in [0.25, 0.3) is 0 Å². The van der Waals surface area contributed by atoms with Gasteiger partial charge in [0.2, 0.25) is 5.75 Å². The van der Waals surface area contributed by atoms with Crippen LogP contribution in [0, 0.1) is 0 Å². The fourth-order valence-electron chi connectivity index (χ4n) is 3.68. The molecule has 8 heteroatoms. The lowest BCUT2D eigenvalue weighted by atomic mass is 10.0. The number of hydrogen-bond acceptors (Lipinski definition) is 8. The third kappa shape index (κ3) is 4.25. The highest BCUT2D eigenvalue weighted by molar-refractivity contribution is 5.94. The molecular formula is C25H26N2O6. The van der Waals surface area contributed by atoms with Gasteiger partial charge in [-0.1, -0.05) is 0 Å². The van der Waals surface area contributed by atoms with Crippen LogP contribution in [-0.4, -0.2) is 46.6 Å². The van der Waals surface area contributed by atoms with E-state index >= 15 is 0 Å². The third-order valence-corrected chi connectivity index (χ3v) is 5.21. The lowest BCUT2D eigenvalue weighted by Gasteiger charge is -2.13. The average Bonchev–Trinajstić information content (AvgIpc) is 3.31. The van der Waals surface area contributed by atoms with Crippen molar-refractivity contribution in [3.8, 4) is 51.2 Å². The lowest BCUT2D eigenvalue weighted by molar-refractivity contribution is 0.324. The Morgan fingerprint density at radius 1 is 0.818 bits per heavy atom. The van der Waals surface area contributed by atoms with Crippen LogP contribution in [0.4, 0.5) is 0 Å². The topological polar surface area (TPSA) is 98.2 Å². The Morgan fingerprint density at radius 3 is 2.18 bits per heavy atom.